The van der Waals surface area contributed by atoms with Gasteiger partial charge in [-0.2, -0.15) is 0 Å². The van der Waals surface area contributed by atoms with E-state index in [2.05, 4.69) is 15.4 Å². The second kappa shape index (κ2) is 7.07. The maximum atomic E-state index is 12.9. The molecule has 0 unspecified atom stereocenters. The number of carboxylic acid groups (broad SMARTS) is 1. The molecule has 7 nitrogen and oxygen atoms in total. The number of methoxy groups -OCH3 is 1. The molecule has 0 bridgehead atoms. The molecule has 1 atom stereocenters. The van der Waals surface area contributed by atoms with Gasteiger partial charge in [-0.1, -0.05) is 6.07 Å². The van der Waals surface area contributed by atoms with E-state index in [0.29, 0.717) is 0 Å². The summed E-state index contributed by atoms with van der Waals surface area (Å²) in [6.07, 6.45) is -0.512. The lowest BCUT2D eigenvalue weighted by Gasteiger charge is -2.14. The monoisotopic (exact) mass is 284 g/mol. The van der Waals surface area contributed by atoms with Crippen LogP contribution in [0.3, 0.4) is 0 Å². The first-order valence-corrected chi connectivity index (χ1v) is 5.55. The second-order valence-corrected chi connectivity index (χ2v) is 3.78. The van der Waals surface area contributed by atoms with Gasteiger partial charge in [-0.05, 0) is 18.2 Å². The van der Waals surface area contributed by atoms with E-state index in [1.807, 2.05) is 0 Å². The molecule has 3 N–H and O–H groups in total. The predicted octanol–water partition coefficient (Wildman–Crippen LogP) is 0.964. The highest BCUT2D eigenvalue weighted by Crippen LogP contribution is 2.08. The Morgan fingerprint density at radius 2 is 2.10 bits per heavy atom. The number of benzene rings is 1. The lowest BCUT2D eigenvalue weighted by molar-refractivity contribution is -0.147. The van der Waals surface area contributed by atoms with Gasteiger partial charge in [-0.15, -0.1) is 0 Å². The Labute approximate surface area is 113 Å². The van der Waals surface area contributed by atoms with Crippen LogP contribution in [0.4, 0.5) is 14.9 Å². The van der Waals surface area contributed by atoms with E-state index in [0.717, 1.165) is 13.2 Å². The first kappa shape index (κ1) is 15.4. The van der Waals surface area contributed by atoms with Crippen molar-refractivity contribution in [2.75, 3.05) is 12.4 Å². The third-order valence-electron chi connectivity index (χ3n) is 2.28. The lowest BCUT2D eigenvalue weighted by atomic mass is 10.2. The van der Waals surface area contributed by atoms with Gasteiger partial charge >= 0.3 is 18.0 Å². The summed E-state index contributed by atoms with van der Waals surface area (Å²) in [5.74, 6) is -2.71. The van der Waals surface area contributed by atoms with E-state index in [4.69, 9.17) is 5.11 Å². The van der Waals surface area contributed by atoms with Gasteiger partial charge in [0.05, 0.1) is 13.5 Å². The molecule has 2 amide bonds. The Balaban J connectivity index is 2.62. The number of carboxylic acids is 1. The van der Waals surface area contributed by atoms with Crippen LogP contribution in [-0.2, 0) is 14.3 Å². The number of halogens is 1. The molecule has 0 fully saturated rings. The molecule has 20 heavy (non-hydrogen) atoms. The number of hydrogen-bond donors (Lipinski definition) is 3. The minimum atomic E-state index is -1.43. The summed E-state index contributed by atoms with van der Waals surface area (Å²) in [5.41, 5.74) is 0.157. The van der Waals surface area contributed by atoms with Gasteiger partial charge in [-0.25, -0.2) is 14.0 Å². The topological polar surface area (TPSA) is 105 Å². The highest BCUT2D eigenvalue weighted by atomic mass is 19.1. The van der Waals surface area contributed by atoms with Crippen molar-refractivity contribution in [1.29, 1.82) is 0 Å². The SMILES string of the molecule is COC(=O)C[C@H](NC(=O)Nc1cccc(F)c1)C(=O)O. The zero-order valence-corrected chi connectivity index (χ0v) is 10.6. The van der Waals surface area contributed by atoms with Gasteiger partial charge in [0.2, 0.25) is 0 Å². The van der Waals surface area contributed by atoms with Crippen molar-refractivity contribution in [3.05, 3.63) is 30.1 Å². The number of ether oxygens (including phenoxy) is 1. The van der Waals surface area contributed by atoms with Gasteiger partial charge in [-0.3, -0.25) is 4.79 Å². The lowest BCUT2D eigenvalue weighted by Crippen LogP contribution is -2.44. The van der Waals surface area contributed by atoms with Gasteiger partial charge in [0, 0.05) is 5.69 Å². The van der Waals surface area contributed by atoms with E-state index in [1.54, 1.807) is 0 Å². The zero-order chi connectivity index (χ0) is 15.1. The Morgan fingerprint density at radius 1 is 1.40 bits per heavy atom. The van der Waals surface area contributed by atoms with Gasteiger partial charge in [0.15, 0.2) is 0 Å². The Kier molecular flexibility index (Phi) is 5.45. The number of rotatable bonds is 5. The number of urea groups is 1. The second-order valence-electron chi connectivity index (χ2n) is 3.78. The molecule has 0 heterocycles. The fourth-order valence-corrected chi connectivity index (χ4v) is 1.34. The van der Waals surface area contributed by atoms with Crippen LogP contribution in [-0.4, -0.2) is 36.2 Å². The van der Waals surface area contributed by atoms with Crippen molar-refractivity contribution >= 4 is 23.7 Å². The number of esters is 1. The largest absolute Gasteiger partial charge is 0.480 e. The van der Waals surface area contributed by atoms with E-state index in [9.17, 15) is 18.8 Å². The Hall–Kier alpha value is -2.64. The van der Waals surface area contributed by atoms with Crippen molar-refractivity contribution in [2.45, 2.75) is 12.5 Å². The van der Waals surface area contributed by atoms with Gasteiger partial charge in [0.1, 0.15) is 11.9 Å². The Morgan fingerprint density at radius 3 is 2.65 bits per heavy atom. The van der Waals surface area contributed by atoms with Crippen LogP contribution >= 0.6 is 0 Å². The molecule has 1 aromatic rings. The molecule has 0 aromatic heterocycles. The first-order chi connectivity index (χ1) is 9.42. The summed E-state index contributed by atoms with van der Waals surface area (Å²) in [6, 6.07) is 2.77. The number of carbonyl (C=O) groups is 3. The van der Waals surface area contributed by atoms with Crippen molar-refractivity contribution < 1.29 is 28.6 Å². The highest BCUT2D eigenvalue weighted by molar-refractivity contribution is 5.93. The molecule has 0 aliphatic rings. The average Bonchev–Trinajstić information content (AvgIpc) is 2.37. The number of hydrogen-bond acceptors (Lipinski definition) is 4. The van der Waals surface area contributed by atoms with Gasteiger partial charge < -0.3 is 20.5 Å². The van der Waals surface area contributed by atoms with Gasteiger partial charge in [0.25, 0.3) is 0 Å². The highest BCUT2D eigenvalue weighted by Gasteiger charge is 2.23. The molecule has 0 saturated carbocycles. The summed E-state index contributed by atoms with van der Waals surface area (Å²) in [4.78, 5) is 33.4. The van der Waals surface area contributed by atoms with Crippen LogP contribution in [0.25, 0.3) is 0 Å². The number of amides is 2. The number of carbonyl (C=O) groups excluding carboxylic acids is 2. The van der Waals surface area contributed by atoms with Crippen LogP contribution < -0.4 is 10.6 Å². The van der Waals surface area contributed by atoms with E-state index < -0.39 is 36.2 Å². The smallest absolute Gasteiger partial charge is 0.326 e. The summed E-state index contributed by atoms with van der Waals surface area (Å²) < 4.78 is 17.2. The third-order valence-corrected chi connectivity index (χ3v) is 2.28. The van der Waals surface area contributed by atoms with Crippen molar-refractivity contribution in [1.82, 2.24) is 5.32 Å². The standard InChI is InChI=1S/C12H13FN2O5/c1-20-10(16)6-9(11(17)18)15-12(19)14-8-4-2-3-7(13)5-8/h2-5,9H,6H2,1H3,(H,17,18)(H2,14,15,19)/t9-/m0/s1. The van der Waals surface area contributed by atoms with E-state index >= 15 is 0 Å². The normalized spacial score (nSPS) is 11.3. The molecule has 0 aliphatic carbocycles. The third kappa shape index (κ3) is 4.92. The maximum Gasteiger partial charge on any atom is 0.326 e. The summed E-state index contributed by atoms with van der Waals surface area (Å²) in [7, 11) is 1.11. The summed E-state index contributed by atoms with van der Waals surface area (Å²) >= 11 is 0. The van der Waals surface area contributed by atoms with Crippen LogP contribution in [0.1, 0.15) is 6.42 Å². The molecule has 0 radical (unpaired) electrons. The minimum absolute atomic E-state index is 0.157. The predicted molar refractivity (Wildman–Crippen MR) is 66.6 cm³/mol. The van der Waals surface area contributed by atoms with Crippen LogP contribution in [0.5, 0.6) is 0 Å². The van der Waals surface area contributed by atoms with Crippen LogP contribution in [0, 0.1) is 5.82 Å². The molecule has 0 aliphatic heterocycles. The molecular formula is C12H13FN2O5. The number of aliphatic carboxylic acids is 1. The fourth-order valence-electron chi connectivity index (χ4n) is 1.34. The van der Waals surface area contributed by atoms with Crippen molar-refractivity contribution in [2.24, 2.45) is 0 Å². The maximum absolute atomic E-state index is 12.9. The van der Waals surface area contributed by atoms with E-state index in [1.165, 1.54) is 18.2 Å². The summed E-state index contributed by atoms with van der Waals surface area (Å²) in [5, 5.41) is 13.2. The molecule has 0 saturated heterocycles. The molecule has 108 valence electrons. The van der Waals surface area contributed by atoms with Crippen LogP contribution in [0.2, 0.25) is 0 Å². The molecule has 8 heteroatoms. The Bertz CT molecular complexity index is 520. The number of anilines is 1. The number of nitrogens with one attached hydrogen (secondary N) is 2. The van der Waals surface area contributed by atoms with Crippen molar-refractivity contribution in [3.8, 4) is 0 Å². The van der Waals surface area contributed by atoms with E-state index in [-0.39, 0.29) is 5.69 Å². The molecular weight excluding hydrogens is 271 g/mol. The quantitative estimate of drug-likeness (QED) is 0.699. The fraction of sp³-hybridized carbons (Fsp3) is 0.250. The summed E-state index contributed by atoms with van der Waals surface area (Å²) in [6.45, 7) is 0. The zero-order valence-electron chi connectivity index (χ0n) is 10.6. The minimum Gasteiger partial charge on any atom is -0.480 e. The average molecular weight is 284 g/mol. The molecule has 1 rings (SSSR count). The molecule has 1 aromatic carbocycles. The molecule has 0 spiro atoms. The van der Waals surface area contributed by atoms with Crippen LogP contribution in [0.15, 0.2) is 24.3 Å². The van der Waals surface area contributed by atoms with Crippen molar-refractivity contribution in [3.63, 3.8) is 0 Å². The first-order valence-electron chi connectivity index (χ1n) is 5.55.